The van der Waals surface area contributed by atoms with Gasteiger partial charge in [-0.25, -0.2) is 4.99 Å². The number of halogens is 3. The molecule has 1 unspecified atom stereocenters. The molecule has 0 aromatic heterocycles. The van der Waals surface area contributed by atoms with Gasteiger partial charge in [0.25, 0.3) is 0 Å². The molecule has 0 bridgehead atoms. The van der Waals surface area contributed by atoms with Crippen molar-refractivity contribution >= 4 is 11.6 Å². The van der Waals surface area contributed by atoms with Crippen molar-refractivity contribution in [2.75, 3.05) is 20.3 Å². The van der Waals surface area contributed by atoms with Gasteiger partial charge in [-0.05, 0) is 37.8 Å². The average molecular weight is 469 g/mol. The van der Waals surface area contributed by atoms with Crippen molar-refractivity contribution in [1.82, 2.24) is 4.90 Å². The highest BCUT2D eigenvalue weighted by atomic mass is 19.4. The fraction of sp³-hybridized carbons (Fsp3) is 0.615. The van der Waals surface area contributed by atoms with Crippen molar-refractivity contribution in [2.24, 2.45) is 10.9 Å². The maximum absolute atomic E-state index is 12.2. The third-order valence-corrected chi connectivity index (χ3v) is 5.36. The van der Waals surface area contributed by atoms with Crippen LogP contribution in [0.5, 0.6) is 0 Å². The summed E-state index contributed by atoms with van der Waals surface area (Å²) in [6, 6.07) is 10.9. The Morgan fingerprint density at radius 3 is 2.09 bits per heavy atom. The van der Waals surface area contributed by atoms with Crippen LogP contribution in [0.2, 0.25) is 0 Å². The van der Waals surface area contributed by atoms with Crippen molar-refractivity contribution < 1.29 is 22.7 Å². The van der Waals surface area contributed by atoms with Crippen molar-refractivity contribution in [3.05, 3.63) is 47.2 Å². The Hall–Kier alpha value is -2.15. The molecule has 7 heteroatoms. The standard InChI is InChI=1S/C19H26N2O.C4H8O.C3H5F3/c1-5-9-17(22)19(14(2)3)20-18-13-12-16(21(18)4)15-10-7-6-8-11-15;1-4-2-5-3-4;1-2-3(4,5)6/h6-8,10-11,16H,5,9,12-13H2,1-4H3;4H,2-3H2,1H3;2H2,1H3. The quantitative estimate of drug-likeness (QED) is 0.432. The highest BCUT2D eigenvalue weighted by molar-refractivity contribution is 5.99. The molecule has 1 atom stereocenters. The summed E-state index contributed by atoms with van der Waals surface area (Å²) in [6.45, 7) is 11.2. The molecule has 3 rings (SSSR count). The summed E-state index contributed by atoms with van der Waals surface area (Å²) in [5.41, 5.74) is 2.97. The molecule has 1 aromatic rings. The van der Waals surface area contributed by atoms with Gasteiger partial charge in [0.2, 0.25) is 0 Å². The molecular weight excluding hydrogens is 429 g/mol. The number of ketones is 1. The summed E-state index contributed by atoms with van der Waals surface area (Å²) in [5, 5.41) is 0. The molecule has 2 heterocycles. The number of benzene rings is 1. The van der Waals surface area contributed by atoms with E-state index in [1.807, 2.05) is 26.8 Å². The van der Waals surface area contributed by atoms with Gasteiger partial charge in [0.15, 0.2) is 5.78 Å². The smallest absolute Gasteiger partial charge is 0.381 e. The van der Waals surface area contributed by atoms with Crippen LogP contribution in [0.1, 0.15) is 78.3 Å². The highest BCUT2D eigenvalue weighted by Gasteiger charge is 2.28. The van der Waals surface area contributed by atoms with Gasteiger partial charge in [-0.3, -0.25) is 4.79 Å². The van der Waals surface area contributed by atoms with E-state index in [1.54, 1.807) is 0 Å². The van der Waals surface area contributed by atoms with E-state index in [4.69, 9.17) is 9.73 Å². The summed E-state index contributed by atoms with van der Waals surface area (Å²) in [4.78, 5) is 19.2. The third kappa shape index (κ3) is 10.5. The predicted octanol–water partition coefficient (Wildman–Crippen LogP) is 7.13. The number of ether oxygens (including phenoxy) is 1. The zero-order chi connectivity index (χ0) is 25.0. The Labute approximate surface area is 196 Å². The van der Waals surface area contributed by atoms with E-state index in [2.05, 4.69) is 43.1 Å². The lowest BCUT2D eigenvalue weighted by atomic mass is 10.1. The van der Waals surface area contributed by atoms with E-state index in [-0.39, 0.29) is 5.78 Å². The molecule has 2 saturated heterocycles. The first-order valence-electron chi connectivity index (χ1n) is 11.7. The number of allylic oxidation sites excluding steroid dienone is 2. The molecule has 0 spiro atoms. The summed E-state index contributed by atoms with van der Waals surface area (Å²) in [7, 11) is 2.08. The Balaban J connectivity index is 0.000000405. The lowest BCUT2D eigenvalue weighted by Crippen LogP contribution is -2.23. The van der Waals surface area contributed by atoms with Gasteiger partial charge in [-0.15, -0.1) is 0 Å². The highest BCUT2D eigenvalue weighted by Crippen LogP contribution is 2.32. The fourth-order valence-corrected chi connectivity index (χ4v) is 3.30. The van der Waals surface area contributed by atoms with Crippen molar-refractivity contribution in [1.29, 1.82) is 0 Å². The Bertz CT molecular complexity index is 780. The van der Waals surface area contributed by atoms with Gasteiger partial charge < -0.3 is 9.64 Å². The van der Waals surface area contributed by atoms with Gasteiger partial charge >= 0.3 is 6.18 Å². The van der Waals surface area contributed by atoms with Crippen LogP contribution in [0.15, 0.2) is 46.6 Å². The van der Waals surface area contributed by atoms with Gasteiger partial charge in [-0.2, -0.15) is 13.2 Å². The van der Waals surface area contributed by atoms with Crippen molar-refractivity contribution in [3.63, 3.8) is 0 Å². The van der Waals surface area contributed by atoms with Crippen LogP contribution in [0.3, 0.4) is 0 Å². The number of likely N-dealkylation sites (tertiary alicyclic amines) is 1. The molecule has 2 aliphatic heterocycles. The number of carbonyl (C=O) groups is 1. The van der Waals surface area contributed by atoms with Crippen LogP contribution in [0.25, 0.3) is 0 Å². The summed E-state index contributed by atoms with van der Waals surface area (Å²) in [5.74, 6) is 2.02. The van der Waals surface area contributed by atoms with E-state index < -0.39 is 12.6 Å². The normalized spacial score (nSPS) is 19.1. The van der Waals surface area contributed by atoms with E-state index in [0.29, 0.717) is 18.2 Å². The molecule has 0 radical (unpaired) electrons. The number of hydrogen-bond acceptors (Lipinski definition) is 3. The number of hydrogen-bond donors (Lipinski definition) is 0. The van der Waals surface area contributed by atoms with E-state index in [0.717, 1.165) is 56.7 Å². The van der Waals surface area contributed by atoms with E-state index in [9.17, 15) is 18.0 Å². The molecule has 2 fully saturated rings. The number of Topliss-reactive ketones (excluding diaryl/α,β-unsaturated/α-hetero) is 1. The first kappa shape index (κ1) is 28.9. The Kier molecular flexibility index (Phi) is 12.4. The zero-order valence-corrected chi connectivity index (χ0v) is 20.8. The minimum absolute atomic E-state index is 0.159. The van der Waals surface area contributed by atoms with E-state index >= 15 is 0 Å². The third-order valence-electron chi connectivity index (χ3n) is 5.36. The van der Waals surface area contributed by atoms with Crippen LogP contribution in [-0.4, -0.2) is 43.0 Å². The predicted molar refractivity (Wildman–Crippen MR) is 128 cm³/mol. The SMILES string of the molecule is CC1COC1.CCC(F)(F)F.CCCC(=O)C(N=C1CCC(c2ccccc2)N1C)=C(C)C. The second kappa shape index (κ2) is 14.2. The minimum atomic E-state index is -3.96. The van der Waals surface area contributed by atoms with Crippen LogP contribution in [0, 0.1) is 5.92 Å². The molecule has 4 nitrogen and oxygen atoms in total. The Morgan fingerprint density at radius 1 is 1.15 bits per heavy atom. The van der Waals surface area contributed by atoms with Crippen LogP contribution in [0.4, 0.5) is 13.2 Å². The number of aliphatic imine (C=N–C) groups is 1. The first-order chi connectivity index (χ1) is 15.5. The van der Waals surface area contributed by atoms with E-state index in [1.165, 1.54) is 5.56 Å². The Morgan fingerprint density at radius 2 is 1.70 bits per heavy atom. The monoisotopic (exact) mass is 468 g/mol. The number of rotatable bonds is 5. The summed E-state index contributed by atoms with van der Waals surface area (Å²) >= 11 is 0. The number of nitrogens with zero attached hydrogens (tertiary/aromatic N) is 2. The first-order valence-corrected chi connectivity index (χ1v) is 11.7. The fourth-order valence-electron chi connectivity index (χ4n) is 3.30. The molecule has 0 saturated carbocycles. The average Bonchev–Trinajstić information content (AvgIpc) is 3.11. The molecule has 2 aliphatic rings. The summed E-state index contributed by atoms with van der Waals surface area (Å²) in [6.07, 6.45) is -1.28. The van der Waals surface area contributed by atoms with Gasteiger partial charge in [-0.1, -0.05) is 51.1 Å². The van der Waals surface area contributed by atoms with Crippen LogP contribution >= 0.6 is 0 Å². The lowest BCUT2D eigenvalue weighted by molar-refractivity contribution is -0.130. The van der Waals surface area contributed by atoms with Crippen molar-refractivity contribution in [2.45, 2.75) is 78.9 Å². The maximum Gasteiger partial charge on any atom is 0.388 e. The second-order valence-corrected chi connectivity index (χ2v) is 8.74. The van der Waals surface area contributed by atoms with Gasteiger partial charge in [0.05, 0.1) is 19.3 Å². The van der Waals surface area contributed by atoms with Crippen molar-refractivity contribution in [3.8, 4) is 0 Å². The minimum Gasteiger partial charge on any atom is -0.381 e. The largest absolute Gasteiger partial charge is 0.388 e. The zero-order valence-electron chi connectivity index (χ0n) is 20.8. The van der Waals surface area contributed by atoms with Crippen LogP contribution in [-0.2, 0) is 9.53 Å². The second-order valence-electron chi connectivity index (χ2n) is 8.74. The topological polar surface area (TPSA) is 41.9 Å². The van der Waals surface area contributed by atoms with Gasteiger partial charge in [0.1, 0.15) is 11.5 Å². The van der Waals surface area contributed by atoms with Crippen LogP contribution < -0.4 is 0 Å². The maximum atomic E-state index is 12.2. The van der Waals surface area contributed by atoms with Gasteiger partial charge in [0, 0.05) is 32.2 Å². The summed E-state index contributed by atoms with van der Waals surface area (Å²) < 4.78 is 37.2. The lowest BCUT2D eigenvalue weighted by Gasteiger charge is -2.22. The number of carbonyl (C=O) groups excluding carboxylic acids is 1. The number of alkyl halides is 3. The molecule has 0 N–H and O–H groups in total. The molecular formula is C26H39F3N2O2. The molecule has 1 aromatic carbocycles. The molecule has 186 valence electrons. The molecule has 33 heavy (non-hydrogen) atoms. The molecule has 0 amide bonds. The number of amidine groups is 1. The molecule has 0 aliphatic carbocycles.